The van der Waals surface area contributed by atoms with E-state index in [4.69, 9.17) is 13.3 Å². The number of fused-ring (bicyclic) bond motifs is 3. The van der Waals surface area contributed by atoms with Gasteiger partial charge in [-0.3, -0.25) is 48.5 Å². The number of rotatable bonds is 15. The Hall–Kier alpha value is -9.88. The summed E-state index contributed by atoms with van der Waals surface area (Å²) in [6, 6.07) is 16.4. The molecule has 26 nitrogen and oxygen atoms in total. The molecule has 0 bridgehead atoms. The summed E-state index contributed by atoms with van der Waals surface area (Å²) in [7, 11) is 0. The number of hydrogen-bond donors (Lipinski definition) is 3. The summed E-state index contributed by atoms with van der Waals surface area (Å²) in [5, 5.41) is 19.9. The molecule has 4 atom stereocenters. The Bertz CT molecular complexity index is 4200. The Morgan fingerprint density at radius 3 is 1.35 bits per heavy atom. The summed E-state index contributed by atoms with van der Waals surface area (Å²) in [4.78, 5) is 121. The van der Waals surface area contributed by atoms with Crippen LogP contribution in [-0.4, -0.2) is 194 Å². The molecule has 7 amide bonds. The van der Waals surface area contributed by atoms with Crippen LogP contribution in [0.15, 0.2) is 124 Å². The third-order valence-corrected chi connectivity index (χ3v) is 23.5. The molecule has 6 aliphatic heterocycles. The van der Waals surface area contributed by atoms with Crippen molar-refractivity contribution < 1.29 is 46.8 Å². The lowest BCUT2D eigenvalue weighted by Gasteiger charge is -2.42. The number of likely N-dealkylation sites (tertiary alicyclic amines) is 4. The van der Waals surface area contributed by atoms with Crippen molar-refractivity contribution in [3.05, 3.63) is 128 Å². The second-order valence-corrected chi connectivity index (χ2v) is 29.3. The van der Waals surface area contributed by atoms with Crippen LogP contribution in [0.1, 0.15) is 122 Å². The lowest BCUT2D eigenvalue weighted by Crippen LogP contribution is -2.57. The van der Waals surface area contributed by atoms with Gasteiger partial charge in [0.15, 0.2) is 39.8 Å². The zero-order valence-corrected chi connectivity index (χ0v) is 56.6. The molecule has 3 saturated carbocycles. The molecule has 9 fully saturated rings. The van der Waals surface area contributed by atoms with Gasteiger partial charge in [0.2, 0.25) is 29.6 Å². The van der Waals surface area contributed by atoms with E-state index < -0.39 is 0 Å². The minimum Gasteiger partial charge on any atom is -0.449 e. The largest absolute Gasteiger partial charge is 0.449 e. The summed E-state index contributed by atoms with van der Waals surface area (Å²) in [5.74, 6) is 4.69. The molecule has 17 rings (SSSR count). The van der Waals surface area contributed by atoms with E-state index >= 15 is 0 Å². The first-order chi connectivity index (χ1) is 48.7. The highest BCUT2D eigenvalue weighted by atomic mass is 16.4. The minimum absolute atomic E-state index is 0.0313. The van der Waals surface area contributed by atoms with Crippen molar-refractivity contribution in [1.29, 1.82) is 0 Å². The molecule has 0 aromatic carbocycles. The van der Waals surface area contributed by atoms with E-state index in [1.54, 1.807) is 85.8 Å². The maximum absolute atomic E-state index is 13.1. The fraction of sp³-hybridized carbons (Fsp3) is 0.514. The number of pyridine rings is 3. The van der Waals surface area contributed by atoms with Crippen molar-refractivity contribution in [2.75, 3.05) is 108 Å². The van der Waals surface area contributed by atoms with Gasteiger partial charge in [-0.05, 0) is 172 Å². The van der Waals surface area contributed by atoms with Crippen LogP contribution in [0.3, 0.4) is 0 Å². The zero-order valence-electron chi connectivity index (χ0n) is 56.6. The van der Waals surface area contributed by atoms with Gasteiger partial charge in [0, 0.05) is 165 Å². The van der Waals surface area contributed by atoms with E-state index in [2.05, 4.69) is 65.8 Å². The fourth-order valence-corrected chi connectivity index (χ4v) is 16.7. The van der Waals surface area contributed by atoms with Crippen molar-refractivity contribution in [3.8, 4) is 0 Å². The van der Waals surface area contributed by atoms with Gasteiger partial charge in [-0.15, -0.1) is 5.10 Å². The average molecular weight is 1360 g/mol. The van der Waals surface area contributed by atoms with Gasteiger partial charge in [0.25, 0.3) is 17.7 Å². The van der Waals surface area contributed by atoms with Crippen LogP contribution in [0.5, 0.6) is 0 Å². The topological polar surface area (TPSA) is 305 Å². The summed E-state index contributed by atoms with van der Waals surface area (Å²) in [5.41, 5.74) is 2.66. The molecular weight excluding hydrogens is 1270 g/mol. The number of carbonyl (C=O) groups excluding carboxylic acids is 7. The van der Waals surface area contributed by atoms with E-state index in [-0.39, 0.29) is 63.5 Å². The maximum Gasteiger partial charge on any atom is 0.287 e. The summed E-state index contributed by atoms with van der Waals surface area (Å²) < 4.78 is 16.8. The van der Waals surface area contributed by atoms with Crippen molar-refractivity contribution in [2.45, 2.75) is 90.4 Å². The Morgan fingerprint density at radius 1 is 0.480 bits per heavy atom. The molecule has 26 heteroatoms. The number of aromatic nitrogens is 7. The van der Waals surface area contributed by atoms with Crippen molar-refractivity contribution >= 4 is 86.0 Å². The van der Waals surface area contributed by atoms with Crippen LogP contribution in [0, 0.1) is 51.8 Å². The second kappa shape index (κ2) is 28.0. The number of nitrogens with one attached hydrogen (secondary N) is 3. The van der Waals surface area contributed by atoms with Crippen LogP contribution in [0.4, 0.5) is 11.8 Å². The molecule has 0 radical (unpaired) electrons. The van der Waals surface area contributed by atoms with Crippen LogP contribution in [0.25, 0.3) is 32.9 Å². The number of furan rings is 3. The normalized spacial score (nSPS) is 22.6. The van der Waals surface area contributed by atoms with E-state index in [0.717, 1.165) is 164 Å². The molecule has 9 aliphatic rings. The predicted octanol–water partition coefficient (Wildman–Crippen LogP) is 7.45. The molecular formula is C74H86N16O10. The van der Waals surface area contributed by atoms with E-state index in [1.807, 2.05) is 46.2 Å². The summed E-state index contributed by atoms with van der Waals surface area (Å²) in [6.07, 6.45) is 28.0. The minimum atomic E-state index is -0.194. The van der Waals surface area contributed by atoms with Crippen LogP contribution < -0.4 is 25.8 Å². The Balaban J connectivity index is 0.000000122. The fourth-order valence-electron chi connectivity index (χ4n) is 16.7. The number of amides is 7. The van der Waals surface area contributed by atoms with Crippen molar-refractivity contribution in [1.82, 2.24) is 70.7 Å². The third-order valence-electron chi connectivity index (χ3n) is 23.5. The highest BCUT2D eigenvalue weighted by molar-refractivity contribution is 5.97. The first-order valence-corrected chi connectivity index (χ1v) is 35.7. The molecule has 522 valence electrons. The van der Waals surface area contributed by atoms with E-state index in [0.29, 0.717) is 109 Å². The zero-order chi connectivity index (χ0) is 68.5. The standard InChI is InChI=1S/C27H32N6O3.C25H28N6O3.C22H26N4O4/c34-24(14-19-3-10-33(11-4-19)26-29-7-1-8-30-26)32-12-5-27(6-13-32)16-21(27)17-31-25(35)22-15-20-2-9-28-18-23(20)36-22;32-23(20-12-17-3-8-26-15-21(17)34-20)27-14-19-13-25(19)5-10-30(11-6-25)24(33)18-4-9-31(16-18)22-2-1-7-28-29-22;1-14(27)26-12-16(13-26)21(29)25-6-3-22(4-7-25)9-17(22)10-24-20(28)18-8-15-2-5-23-11-19(15)30-18/h1-2,7-9,15,18-19,21H,3-6,10-14,16-17H2,(H,31,35);1-3,7-8,12,15,18-19H,4-6,9-11,13-14,16H2,(H,27,32);2,5,8,11,16-17H,3-4,6-7,9-10,12-13H2,1H3,(H,24,28). The van der Waals surface area contributed by atoms with Gasteiger partial charge >= 0.3 is 0 Å². The molecule has 4 unspecified atom stereocenters. The SMILES string of the molecule is CC(=O)N1CC(C(=O)N2CCC3(CC2)CC3CNC(=O)c2cc3ccncc3o2)C1.O=C(NCC1CC12CCN(C(=O)C1CCN(c3cccnn3)C1)CC2)c1cc2ccncc2o1.O=C(NCC1CC12CCN(C(=O)CC1CCN(c3ncccn3)CC1)CC2)c1cc2ccncc2o1. The van der Waals surface area contributed by atoms with Crippen LogP contribution in [-0.2, 0) is 19.2 Å². The molecule has 14 heterocycles. The number of carbonyl (C=O) groups is 7. The predicted molar refractivity (Wildman–Crippen MR) is 368 cm³/mol. The summed E-state index contributed by atoms with van der Waals surface area (Å²) >= 11 is 0. The molecule has 8 aromatic heterocycles. The Labute approximate surface area is 578 Å². The van der Waals surface area contributed by atoms with Gasteiger partial charge in [0.05, 0.1) is 30.4 Å². The van der Waals surface area contributed by atoms with Crippen molar-refractivity contribution in [3.63, 3.8) is 0 Å². The smallest absolute Gasteiger partial charge is 0.287 e. The number of anilines is 2. The Kier molecular flexibility index (Phi) is 18.5. The number of piperidine rings is 4. The van der Waals surface area contributed by atoms with Crippen LogP contribution in [0.2, 0.25) is 0 Å². The van der Waals surface area contributed by atoms with Crippen molar-refractivity contribution in [2.24, 2.45) is 51.8 Å². The first-order valence-electron chi connectivity index (χ1n) is 35.7. The maximum atomic E-state index is 13.1. The van der Waals surface area contributed by atoms with Gasteiger partial charge in [-0.25, -0.2) is 9.97 Å². The van der Waals surface area contributed by atoms with Gasteiger partial charge < -0.3 is 58.6 Å². The molecule has 8 aromatic rings. The number of nitrogens with zero attached hydrogens (tertiary/aromatic N) is 13. The molecule has 100 heavy (non-hydrogen) atoms. The van der Waals surface area contributed by atoms with Gasteiger partial charge in [-0.2, -0.15) is 5.10 Å². The lowest BCUT2D eigenvalue weighted by atomic mass is 9.89. The number of hydrogen-bond acceptors (Lipinski definition) is 19. The molecule has 6 saturated heterocycles. The van der Waals surface area contributed by atoms with Crippen LogP contribution >= 0.6 is 0 Å². The third kappa shape index (κ3) is 14.3. The average Bonchev–Trinajstić information content (AvgIpc) is 1.62. The molecule has 3 spiro atoms. The molecule has 3 N–H and O–H groups in total. The highest BCUT2D eigenvalue weighted by Gasteiger charge is 2.57. The summed E-state index contributed by atoms with van der Waals surface area (Å²) in [6.45, 7) is 12.8. The van der Waals surface area contributed by atoms with Gasteiger partial charge in [0.1, 0.15) is 0 Å². The second-order valence-electron chi connectivity index (χ2n) is 29.3. The lowest BCUT2D eigenvalue weighted by molar-refractivity contribution is -0.148. The monoisotopic (exact) mass is 1360 g/mol. The molecule has 3 aliphatic carbocycles. The first kappa shape index (κ1) is 66.0. The van der Waals surface area contributed by atoms with E-state index in [9.17, 15) is 33.6 Å². The Morgan fingerprint density at radius 2 is 0.920 bits per heavy atom. The van der Waals surface area contributed by atoms with Gasteiger partial charge in [-0.1, -0.05) is 0 Å². The quantitative estimate of drug-likeness (QED) is 0.0897. The highest BCUT2D eigenvalue weighted by Crippen LogP contribution is 2.61. The van der Waals surface area contributed by atoms with E-state index in [1.165, 1.54) is 0 Å².